The molecule has 2 heterocycles. The molecule has 0 radical (unpaired) electrons. The summed E-state index contributed by atoms with van der Waals surface area (Å²) >= 11 is 18.7. The van der Waals surface area contributed by atoms with Gasteiger partial charge < -0.3 is 18.5 Å². The third-order valence-corrected chi connectivity index (χ3v) is 7.14. The summed E-state index contributed by atoms with van der Waals surface area (Å²) in [6, 6.07) is 25.7. The molecule has 214 valence electrons. The number of aryl methyl sites for hydroxylation is 2. The van der Waals surface area contributed by atoms with Gasteiger partial charge in [0.1, 0.15) is 24.7 Å². The van der Waals surface area contributed by atoms with Crippen LogP contribution >= 0.6 is 34.8 Å². The van der Waals surface area contributed by atoms with E-state index in [0.29, 0.717) is 37.9 Å². The summed E-state index contributed by atoms with van der Waals surface area (Å²) in [7, 11) is 0. The number of benzene rings is 3. The van der Waals surface area contributed by atoms with Crippen molar-refractivity contribution in [3.05, 3.63) is 134 Å². The topological polar surface area (TPSA) is 78.0 Å². The van der Waals surface area contributed by atoms with Crippen LogP contribution in [0.3, 0.4) is 0 Å². The largest absolute Gasteiger partial charge is 0.486 e. The summed E-state index contributed by atoms with van der Waals surface area (Å²) in [5.41, 5.74) is 7.30. The molecule has 0 atom stereocenters. The first-order valence-electron chi connectivity index (χ1n) is 12.9. The predicted octanol–water partition coefficient (Wildman–Crippen LogP) is 8.57. The molecule has 10 heteroatoms. The van der Waals surface area contributed by atoms with Gasteiger partial charge in [0.2, 0.25) is 0 Å². The highest BCUT2D eigenvalue weighted by atomic mass is 35.5. The molecule has 0 saturated carbocycles. The predicted molar refractivity (Wildman–Crippen MR) is 166 cm³/mol. The Kier molecular flexibility index (Phi) is 9.22. The quantitative estimate of drug-likeness (QED) is 0.125. The van der Waals surface area contributed by atoms with Gasteiger partial charge >= 0.3 is 5.91 Å². The highest BCUT2D eigenvalue weighted by molar-refractivity contribution is 6.37. The van der Waals surface area contributed by atoms with Crippen molar-refractivity contribution in [3.8, 4) is 17.2 Å². The molecule has 0 aliphatic rings. The number of rotatable bonds is 10. The number of carbonyl (C=O) groups excluding carboxylic acids is 1. The zero-order chi connectivity index (χ0) is 29.6. The van der Waals surface area contributed by atoms with Crippen molar-refractivity contribution in [2.45, 2.75) is 27.1 Å². The number of halogens is 3. The standard InChI is InChI=1S/C32H26Cl3N3O4/c1-20-3-4-21(2)38(20)25-9-11-26(12-10-25)40-19-27-13-14-30(42-27)32(39)37-36-17-23-15-28(34)31(29(35)16-23)41-18-22-5-7-24(33)8-6-22/h3-17H,18-19H2,1-2H3,(H,37,39)/b36-17+. The van der Waals surface area contributed by atoms with Gasteiger partial charge in [0.05, 0.1) is 16.3 Å². The Labute approximate surface area is 258 Å². The fraction of sp³-hybridized carbons (Fsp3) is 0.125. The maximum Gasteiger partial charge on any atom is 0.307 e. The lowest BCUT2D eigenvalue weighted by Crippen LogP contribution is -2.16. The number of aromatic nitrogens is 1. The van der Waals surface area contributed by atoms with Gasteiger partial charge in [-0.1, -0.05) is 46.9 Å². The Balaban J connectivity index is 1.12. The van der Waals surface area contributed by atoms with Gasteiger partial charge in [0.15, 0.2) is 11.5 Å². The number of furan rings is 1. The second-order valence-electron chi connectivity index (χ2n) is 9.43. The average Bonchev–Trinajstić information content (AvgIpc) is 3.59. The minimum absolute atomic E-state index is 0.0988. The molecule has 0 fully saturated rings. The number of ether oxygens (including phenoxy) is 2. The van der Waals surface area contributed by atoms with Gasteiger partial charge in [-0.15, -0.1) is 0 Å². The van der Waals surface area contributed by atoms with Crippen molar-refractivity contribution in [1.82, 2.24) is 9.99 Å². The van der Waals surface area contributed by atoms with Gasteiger partial charge in [0, 0.05) is 22.1 Å². The summed E-state index contributed by atoms with van der Waals surface area (Å²) in [5, 5.41) is 5.25. The smallest absolute Gasteiger partial charge is 0.307 e. The molecule has 3 aromatic carbocycles. The molecule has 42 heavy (non-hydrogen) atoms. The summed E-state index contributed by atoms with van der Waals surface area (Å²) in [5.74, 6) is 1.12. The van der Waals surface area contributed by atoms with Crippen molar-refractivity contribution in [2.75, 3.05) is 0 Å². The summed E-state index contributed by atoms with van der Waals surface area (Å²) in [4.78, 5) is 12.5. The Morgan fingerprint density at radius 1 is 0.857 bits per heavy atom. The normalized spacial score (nSPS) is 11.2. The van der Waals surface area contributed by atoms with Crippen molar-refractivity contribution in [2.24, 2.45) is 5.10 Å². The highest BCUT2D eigenvalue weighted by Crippen LogP contribution is 2.34. The second-order valence-corrected chi connectivity index (χ2v) is 10.7. The lowest BCUT2D eigenvalue weighted by atomic mass is 10.2. The van der Waals surface area contributed by atoms with E-state index < -0.39 is 5.91 Å². The van der Waals surface area contributed by atoms with E-state index in [0.717, 1.165) is 22.6 Å². The average molecular weight is 623 g/mol. The molecule has 0 unspecified atom stereocenters. The zero-order valence-corrected chi connectivity index (χ0v) is 25.0. The number of hydrogen-bond acceptors (Lipinski definition) is 5. The van der Waals surface area contributed by atoms with Gasteiger partial charge in [-0.3, -0.25) is 4.79 Å². The molecular formula is C32H26Cl3N3O4. The SMILES string of the molecule is Cc1ccc(C)n1-c1ccc(OCc2ccc(C(=O)N/N=C/c3cc(Cl)c(OCc4ccc(Cl)cc4)c(Cl)c3)o2)cc1. The molecule has 1 N–H and O–H groups in total. The molecular weight excluding hydrogens is 597 g/mol. The zero-order valence-electron chi connectivity index (χ0n) is 22.7. The van der Waals surface area contributed by atoms with Crippen LogP contribution in [0.15, 0.2) is 94.4 Å². The Hall–Kier alpha value is -4.17. The Morgan fingerprint density at radius 3 is 2.19 bits per heavy atom. The van der Waals surface area contributed by atoms with Crippen molar-refractivity contribution >= 4 is 46.9 Å². The Bertz CT molecular complexity index is 1680. The molecule has 5 rings (SSSR count). The third-order valence-electron chi connectivity index (χ3n) is 6.33. The maximum absolute atomic E-state index is 12.5. The van der Waals surface area contributed by atoms with E-state index in [-0.39, 0.29) is 19.0 Å². The molecule has 1 amide bonds. The molecule has 2 aromatic heterocycles. The number of nitrogens with zero attached hydrogens (tertiary/aromatic N) is 2. The fourth-order valence-electron chi connectivity index (χ4n) is 4.25. The lowest BCUT2D eigenvalue weighted by Gasteiger charge is -2.11. The van der Waals surface area contributed by atoms with E-state index in [1.54, 1.807) is 36.4 Å². The monoisotopic (exact) mass is 621 g/mol. The molecule has 0 bridgehead atoms. The van der Waals surface area contributed by atoms with Crippen LogP contribution in [0.1, 0.15) is 38.8 Å². The van der Waals surface area contributed by atoms with Crippen LogP contribution in [-0.2, 0) is 13.2 Å². The van der Waals surface area contributed by atoms with Crippen LogP contribution < -0.4 is 14.9 Å². The van der Waals surface area contributed by atoms with Crippen LogP contribution in [0.5, 0.6) is 11.5 Å². The van der Waals surface area contributed by atoms with Gasteiger partial charge in [0.25, 0.3) is 0 Å². The van der Waals surface area contributed by atoms with Crippen LogP contribution in [0, 0.1) is 13.8 Å². The van der Waals surface area contributed by atoms with Crippen molar-refractivity contribution in [3.63, 3.8) is 0 Å². The van der Waals surface area contributed by atoms with Crippen LogP contribution in [0.25, 0.3) is 5.69 Å². The van der Waals surface area contributed by atoms with Crippen molar-refractivity contribution in [1.29, 1.82) is 0 Å². The summed E-state index contributed by atoms with van der Waals surface area (Å²) in [6.45, 7) is 4.57. The van der Waals surface area contributed by atoms with E-state index in [9.17, 15) is 4.79 Å². The van der Waals surface area contributed by atoms with Gasteiger partial charge in [-0.05, 0) is 97.8 Å². The first-order valence-corrected chi connectivity index (χ1v) is 14.1. The van der Waals surface area contributed by atoms with E-state index in [2.05, 4.69) is 41.1 Å². The lowest BCUT2D eigenvalue weighted by molar-refractivity contribution is 0.0923. The molecule has 7 nitrogen and oxygen atoms in total. The molecule has 0 aliphatic heterocycles. The Morgan fingerprint density at radius 2 is 1.52 bits per heavy atom. The number of amides is 1. The molecule has 0 aliphatic carbocycles. The van der Waals surface area contributed by atoms with E-state index >= 15 is 0 Å². The van der Waals surface area contributed by atoms with Crippen LogP contribution in [0.4, 0.5) is 0 Å². The minimum Gasteiger partial charge on any atom is -0.486 e. The van der Waals surface area contributed by atoms with Crippen LogP contribution in [0.2, 0.25) is 15.1 Å². The van der Waals surface area contributed by atoms with Gasteiger partial charge in [-0.2, -0.15) is 5.10 Å². The summed E-state index contributed by atoms with van der Waals surface area (Å²) < 4.78 is 19.4. The minimum atomic E-state index is -0.514. The van der Waals surface area contributed by atoms with E-state index in [1.165, 1.54) is 6.21 Å². The fourth-order valence-corrected chi connectivity index (χ4v) is 4.99. The highest BCUT2D eigenvalue weighted by Gasteiger charge is 2.13. The number of nitrogens with one attached hydrogen (secondary N) is 1. The van der Waals surface area contributed by atoms with E-state index in [1.807, 2.05) is 36.4 Å². The van der Waals surface area contributed by atoms with Crippen LogP contribution in [-0.4, -0.2) is 16.7 Å². The molecule has 0 saturated heterocycles. The van der Waals surface area contributed by atoms with E-state index in [4.69, 9.17) is 48.7 Å². The maximum atomic E-state index is 12.5. The molecule has 5 aromatic rings. The number of hydrogen-bond donors (Lipinski definition) is 1. The first kappa shape index (κ1) is 29.3. The van der Waals surface area contributed by atoms with Crippen molar-refractivity contribution < 1.29 is 18.7 Å². The number of hydrazone groups is 1. The van der Waals surface area contributed by atoms with Gasteiger partial charge in [-0.25, -0.2) is 5.43 Å². The third kappa shape index (κ3) is 7.18. The number of carbonyl (C=O) groups is 1. The first-order chi connectivity index (χ1) is 20.3. The second kappa shape index (κ2) is 13.2. The summed E-state index contributed by atoms with van der Waals surface area (Å²) in [6.07, 6.45) is 1.42. The molecule has 0 spiro atoms.